The third-order valence-electron chi connectivity index (χ3n) is 2.07. The van der Waals surface area contributed by atoms with Gasteiger partial charge in [0, 0.05) is 26.2 Å². The minimum absolute atomic E-state index is 0.121. The molecule has 0 aliphatic rings. The fourth-order valence-corrected chi connectivity index (χ4v) is 0.926. The zero-order valence-corrected chi connectivity index (χ0v) is 9.67. The van der Waals surface area contributed by atoms with E-state index < -0.39 is 0 Å². The monoisotopic (exact) mass is 202 g/mol. The molecule has 1 atom stereocenters. The van der Waals surface area contributed by atoms with E-state index in [1.807, 2.05) is 20.8 Å². The summed E-state index contributed by atoms with van der Waals surface area (Å²) in [5.41, 5.74) is 0. The summed E-state index contributed by atoms with van der Waals surface area (Å²) >= 11 is 0. The highest BCUT2D eigenvalue weighted by Gasteiger charge is 2.08. The van der Waals surface area contributed by atoms with Gasteiger partial charge in [0.2, 0.25) is 5.91 Å². The second-order valence-electron chi connectivity index (χ2n) is 3.35. The minimum atomic E-state index is 0.121. The lowest BCUT2D eigenvalue weighted by atomic mass is 10.3. The van der Waals surface area contributed by atoms with Crippen LogP contribution in [0.15, 0.2) is 0 Å². The molecule has 0 saturated carbocycles. The van der Waals surface area contributed by atoms with Crippen molar-refractivity contribution in [3.8, 4) is 0 Å². The Morgan fingerprint density at radius 3 is 2.64 bits per heavy atom. The summed E-state index contributed by atoms with van der Waals surface area (Å²) in [4.78, 5) is 13.1. The number of amides is 1. The fourth-order valence-electron chi connectivity index (χ4n) is 0.926. The second kappa shape index (κ2) is 7.76. The Morgan fingerprint density at radius 2 is 2.14 bits per heavy atom. The molecule has 0 fully saturated rings. The van der Waals surface area contributed by atoms with Crippen LogP contribution in [0.2, 0.25) is 0 Å². The van der Waals surface area contributed by atoms with Crippen LogP contribution in [-0.2, 0) is 9.53 Å². The summed E-state index contributed by atoms with van der Waals surface area (Å²) in [7, 11) is 1.80. The SMILES string of the molecule is CCOCC(C)NCC(=O)N(C)CC. The van der Waals surface area contributed by atoms with Gasteiger partial charge in [-0.05, 0) is 20.8 Å². The lowest BCUT2D eigenvalue weighted by Crippen LogP contribution is -2.40. The molecule has 0 bridgehead atoms. The maximum absolute atomic E-state index is 11.4. The summed E-state index contributed by atoms with van der Waals surface area (Å²) in [5.74, 6) is 0.121. The van der Waals surface area contributed by atoms with Crippen LogP contribution in [0.25, 0.3) is 0 Å². The first-order valence-corrected chi connectivity index (χ1v) is 5.16. The number of carbonyl (C=O) groups is 1. The van der Waals surface area contributed by atoms with Gasteiger partial charge in [0.25, 0.3) is 0 Å². The topological polar surface area (TPSA) is 41.6 Å². The molecule has 4 heteroatoms. The van der Waals surface area contributed by atoms with E-state index in [0.717, 1.165) is 13.2 Å². The molecule has 4 nitrogen and oxygen atoms in total. The molecule has 0 heterocycles. The third-order valence-corrected chi connectivity index (χ3v) is 2.07. The molecule has 1 N–H and O–H groups in total. The maximum atomic E-state index is 11.4. The highest BCUT2D eigenvalue weighted by molar-refractivity contribution is 5.77. The molecule has 0 saturated heterocycles. The average molecular weight is 202 g/mol. The number of nitrogens with zero attached hydrogens (tertiary/aromatic N) is 1. The predicted molar refractivity (Wildman–Crippen MR) is 57.3 cm³/mol. The van der Waals surface area contributed by atoms with Crippen LogP contribution in [0.5, 0.6) is 0 Å². The Balaban J connectivity index is 3.55. The first-order valence-electron chi connectivity index (χ1n) is 5.16. The molecule has 84 valence electrons. The average Bonchev–Trinajstić information content (AvgIpc) is 2.21. The van der Waals surface area contributed by atoms with Crippen LogP contribution >= 0.6 is 0 Å². The smallest absolute Gasteiger partial charge is 0.236 e. The summed E-state index contributed by atoms with van der Waals surface area (Å²) in [6, 6.07) is 0.226. The van der Waals surface area contributed by atoms with Gasteiger partial charge in [-0.3, -0.25) is 4.79 Å². The molecular formula is C10H22N2O2. The van der Waals surface area contributed by atoms with Gasteiger partial charge >= 0.3 is 0 Å². The Labute approximate surface area is 86.6 Å². The van der Waals surface area contributed by atoms with E-state index in [9.17, 15) is 4.79 Å². The van der Waals surface area contributed by atoms with Crippen molar-refractivity contribution in [3.63, 3.8) is 0 Å². The van der Waals surface area contributed by atoms with Gasteiger partial charge in [0.05, 0.1) is 13.2 Å². The predicted octanol–water partition coefficient (Wildman–Crippen LogP) is 0.479. The van der Waals surface area contributed by atoms with Crippen LogP contribution in [0.1, 0.15) is 20.8 Å². The van der Waals surface area contributed by atoms with Gasteiger partial charge in [-0.2, -0.15) is 0 Å². The number of carbonyl (C=O) groups excluding carboxylic acids is 1. The van der Waals surface area contributed by atoms with E-state index in [0.29, 0.717) is 13.2 Å². The van der Waals surface area contributed by atoms with Crippen molar-refractivity contribution >= 4 is 5.91 Å². The molecule has 0 aromatic rings. The number of nitrogens with one attached hydrogen (secondary N) is 1. The molecule has 0 spiro atoms. The summed E-state index contributed by atoms with van der Waals surface area (Å²) < 4.78 is 5.23. The minimum Gasteiger partial charge on any atom is -0.380 e. The second-order valence-corrected chi connectivity index (χ2v) is 3.35. The van der Waals surface area contributed by atoms with E-state index in [2.05, 4.69) is 5.32 Å². The van der Waals surface area contributed by atoms with E-state index in [-0.39, 0.29) is 11.9 Å². The van der Waals surface area contributed by atoms with Crippen molar-refractivity contribution in [2.75, 3.05) is 33.4 Å². The van der Waals surface area contributed by atoms with Crippen molar-refractivity contribution in [2.24, 2.45) is 0 Å². The molecular weight excluding hydrogens is 180 g/mol. The molecule has 0 radical (unpaired) electrons. The van der Waals surface area contributed by atoms with E-state index in [4.69, 9.17) is 4.74 Å². The van der Waals surface area contributed by atoms with Gasteiger partial charge in [0.1, 0.15) is 0 Å². The first kappa shape index (κ1) is 13.4. The molecule has 0 aliphatic heterocycles. The number of rotatable bonds is 7. The van der Waals surface area contributed by atoms with E-state index in [1.165, 1.54) is 0 Å². The molecule has 1 unspecified atom stereocenters. The van der Waals surface area contributed by atoms with Gasteiger partial charge < -0.3 is 15.0 Å². The highest BCUT2D eigenvalue weighted by atomic mass is 16.5. The summed E-state index contributed by atoms with van der Waals surface area (Å²) in [6.07, 6.45) is 0. The van der Waals surface area contributed by atoms with Crippen molar-refractivity contribution in [1.82, 2.24) is 10.2 Å². The molecule has 14 heavy (non-hydrogen) atoms. The van der Waals surface area contributed by atoms with Crippen LogP contribution < -0.4 is 5.32 Å². The number of likely N-dealkylation sites (N-methyl/N-ethyl adjacent to an activating group) is 1. The first-order chi connectivity index (χ1) is 6.61. The largest absolute Gasteiger partial charge is 0.380 e. The van der Waals surface area contributed by atoms with Gasteiger partial charge in [-0.25, -0.2) is 0 Å². The molecule has 0 rings (SSSR count). The van der Waals surface area contributed by atoms with Crippen molar-refractivity contribution in [3.05, 3.63) is 0 Å². The third kappa shape index (κ3) is 5.94. The van der Waals surface area contributed by atoms with Gasteiger partial charge in [-0.1, -0.05) is 0 Å². The van der Waals surface area contributed by atoms with Crippen LogP contribution in [-0.4, -0.2) is 50.2 Å². The number of hydrogen-bond acceptors (Lipinski definition) is 3. The van der Waals surface area contributed by atoms with Crippen molar-refractivity contribution < 1.29 is 9.53 Å². The van der Waals surface area contributed by atoms with Gasteiger partial charge in [-0.15, -0.1) is 0 Å². The highest BCUT2D eigenvalue weighted by Crippen LogP contribution is 1.86. The lowest BCUT2D eigenvalue weighted by Gasteiger charge is -2.17. The summed E-state index contributed by atoms with van der Waals surface area (Å²) in [6.45, 7) is 8.44. The zero-order valence-electron chi connectivity index (χ0n) is 9.67. The van der Waals surface area contributed by atoms with E-state index >= 15 is 0 Å². The standard InChI is InChI=1S/C10H22N2O2/c1-5-12(4)10(13)7-11-9(3)8-14-6-2/h9,11H,5-8H2,1-4H3. The van der Waals surface area contributed by atoms with Crippen molar-refractivity contribution in [2.45, 2.75) is 26.8 Å². The maximum Gasteiger partial charge on any atom is 0.236 e. The van der Waals surface area contributed by atoms with Crippen LogP contribution in [0.4, 0.5) is 0 Å². The zero-order chi connectivity index (χ0) is 11.0. The van der Waals surface area contributed by atoms with Crippen LogP contribution in [0, 0.1) is 0 Å². The Kier molecular flexibility index (Phi) is 7.42. The molecule has 1 amide bonds. The van der Waals surface area contributed by atoms with Gasteiger partial charge in [0.15, 0.2) is 0 Å². The molecule has 0 aliphatic carbocycles. The summed E-state index contributed by atoms with van der Waals surface area (Å²) in [5, 5.41) is 3.12. The normalized spacial score (nSPS) is 12.6. The number of hydrogen-bond donors (Lipinski definition) is 1. The quantitative estimate of drug-likeness (QED) is 0.653. The Hall–Kier alpha value is -0.610. The molecule has 0 aromatic carbocycles. The number of ether oxygens (including phenoxy) is 1. The van der Waals surface area contributed by atoms with Crippen LogP contribution in [0.3, 0.4) is 0 Å². The Morgan fingerprint density at radius 1 is 1.50 bits per heavy atom. The Bertz CT molecular complexity index is 162. The van der Waals surface area contributed by atoms with Crippen molar-refractivity contribution in [1.29, 1.82) is 0 Å². The molecule has 0 aromatic heterocycles. The fraction of sp³-hybridized carbons (Fsp3) is 0.900. The van der Waals surface area contributed by atoms with E-state index in [1.54, 1.807) is 11.9 Å². The lowest BCUT2D eigenvalue weighted by molar-refractivity contribution is -0.128.